The highest BCUT2D eigenvalue weighted by Crippen LogP contribution is 2.47. The lowest BCUT2D eigenvalue weighted by Gasteiger charge is -2.36. The van der Waals surface area contributed by atoms with Crippen molar-refractivity contribution in [3.05, 3.63) is 17.4 Å². The largest absolute Gasteiger partial charge is 0.473 e. The Labute approximate surface area is 224 Å². The van der Waals surface area contributed by atoms with Gasteiger partial charge in [0.05, 0.1) is 5.41 Å². The van der Waals surface area contributed by atoms with Gasteiger partial charge in [-0.1, -0.05) is 11.6 Å². The zero-order valence-corrected chi connectivity index (χ0v) is 22.7. The Bertz CT molecular complexity index is 1200. The second-order valence-electron chi connectivity index (χ2n) is 12.4. The van der Waals surface area contributed by atoms with Crippen LogP contribution >= 0.6 is 0 Å². The van der Waals surface area contributed by atoms with E-state index in [4.69, 9.17) is 19.2 Å². The van der Waals surface area contributed by atoms with Crippen LogP contribution in [0.1, 0.15) is 69.6 Å². The minimum Gasteiger partial charge on any atom is -0.473 e. The number of hydrogen-bond acceptors (Lipinski definition) is 9. The minimum atomic E-state index is -0.505. The number of nitrogens with one attached hydrogen (secondary N) is 1. The molecule has 38 heavy (non-hydrogen) atoms. The van der Waals surface area contributed by atoms with Gasteiger partial charge in [-0.25, -0.2) is 4.98 Å². The molecule has 2 aliphatic carbocycles. The van der Waals surface area contributed by atoms with E-state index in [9.17, 15) is 4.79 Å². The molecule has 5 atom stereocenters. The number of fused-ring (bicyclic) bond motifs is 3. The van der Waals surface area contributed by atoms with Gasteiger partial charge in [0.1, 0.15) is 17.7 Å². The van der Waals surface area contributed by atoms with E-state index in [0.717, 1.165) is 94.8 Å². The average molecular weight is 521 g/mol. The highest BCUT2D eigenvalue weighted by Gasteiger charge is 2.48. The maximum Gasteiger partial charge on any atom is 0.219 e. The highest BCUT2D eigenvalue weighted by atomic mass is 16.5. The summed E-state index contributed by atoms with van der Waals surface area (Å²) in [7, 11) is 2.18. The molecule has 3 aliphatic heterocycles. The molecular weight excluding hydrogens is 480 g/mol. The average Bonchev–Trinajstić information content (AvgIpc) is 3.69. The molecule has 3 saturated heterocycles. The van der Waals surface area contributed by atoms with E-state index in [2.05, 4.69) is 34.2 Å². The lowest BCUT2D eigenvalue weighted by atomic mass is 9.64. The second-order valence-corrected chi connectivity index (χ2v) is 12.4. The van der Waals surface area contributed by atoms with Crippen molar-refractivity contribution in [2.75, 3.05) is 44.7 Å². The van der Waals surface area contributed by atoms with E-state index in [1.807, 2.05) is 6.07 Å². The molecule has 5 aliphatic rings. The molecule has 204 valence electrons. The number of Topliss-reactive ketones (excluding diaryl/α,β-unsaturated/α-hetero) is 1. The van der Waals surface area contributed by atoms with Crippen LogP contribution in [0.25, 0.3) is 11.5 Å². The third-order valence-corrected chi connectivity index (χ3v) is 10.1. The van der Waals surface area contributed by atoms with Gasteiger partial charge < -0.3 is 19.5 Å². The fourth-order valence-corrected chi connectivity index (χ4v) is 7.95. The Hall–Kier alpha value is -2.52. The van der Waals surface area contributed by atoms with Crippen molar-refractivity contribution in [1.82, 2.24) is 25.3 Å². The van der Waals surface area contributed by atoms with Crippen molar-refractivity contribution in [3.8, 4) is 17.4 Å². The van der Waals surface area contributed by atoms with Crippen LogP contribution in [-0.2, 0) is 16.6 Å². The zero-order valence-electron chi connectivity index (χ0n) is 22.7. The number of anilines is 1. The number of carbonyl (C=O) groups excluding carboxylic acids is 1. The standard InChI is InChI=1S/C29H40N6O3/c1-18(22-8-6-12-34(22)2)37-25-13-24(35-16-19-14-30-15-20(19)17-35)31-28(32-25)26-21-7-5-11-29(27(21)38-33-26)10-4-3-9-23(29)36/h13,18-20,22,30H,3-12,14-17H2,1-2H3/t18-,19-,20+,22-,29+/m0/s1. The molecule has 9 heteroatoms. The molecule has 7 rings (SSSR count). The van der Waals surface area contributed by atoms with E-state index in [-0.39, 0.29) is 6.10 Å². The molecule has 1 N–H and O–H groups in total. The number of ketones is 1. The van der Waals surface area contributed by atoms with Gasteiger partial charge in [-0.05, 0) is 77.3 Å². The quantitative estimate of drug-likeness (QED) is 0.636. The van der Waals surface area contributed by atoms with Crippen LogP contribution in [0.4, 0.5) is 5.82 Å². The van der Waals surface area contributed by atoms with Crippen molar-refractivity contribution >= 4 is 11.6 Å². The maximum atomic E-state index is 13.2. The summed E-state index contributed by atoms with van der Waals surface area (Å²) in [5, 5.41) is 8.07. The smallest absolute Gasteiger partial charge is 0.219 e. The van der Waals surface area contributed by atoms with Crippen LogP contribution in [0.15, 0.2) is 10.6 Å². The van der Waals surface area contributed by atoms with Crippen molar-refractivity contribution in [3.63, 3.8) is 0 Å². The van der Waals surface area contributed by atoms with Gasteiger partial charge in [0, 0.05) is 50.3 Å². The summed E-state index contributed by atoms with van der Waals surface area (Å²) >= 11 is 0. The van der Waals surface area contributed by atoms with Gasteiger partial charge in [-0.3, -0.25) is 9.69 Å². The van der Waals surface area contributed by atoms with Crippen LogP contribution in [0.5, 0.6) is 5.88 Å². The van der Waals surface area contributed by atoms with Gasteiger partial charge in [-0.15, -0.1) is 0 Å². The van der Waals surface area contributed by atoms with Crippen LogP contribution in [0.3, 0.4) is 0 Å². The molecule has 2 aromatic rings. The predicted molar refractivity (Wildman–Crippen MR) is 143 cm³/mol. The summed E-state index contributed by atoms with van der Waals surface area (Å²) in [6.07, 6.45) is 8.56. The first kappa shape index (κ1) is 24.5. The number of likely N-dealkylation sites (tertiary alicyclic amines) is 1. The lowest BCUT2D eigenvalue weighted by molar-refractivity contribution is -0.128. The van der Waals surface area contributed by atoms with Crippen LogP contribution in [0, 0.1) is 11.8 Å². The SMILES string of the molecule is C[C@H](Oc1cc(N2C[C@H]3CNC[C@H]3C2)nc(-c2noc3c2CCC[C@@]32CCCCC2=O)n1)[C@@H]1CCCN1C. The van der Waals surface area contributed by atoms with E-state index >= 15 is 0 Å². The number of carbonyl (C=O) groups is 1. The van der Waals surface area contributed by atoms with Crippen LogP contribution in [-0.4, -0.2) is 77.7 Å². The highest BCUT2D eigenvalue weighted by molar-refractivity contribution is 5.91. The van der Waals surface area contributed by atoms with E-state index in [1.165, 1.54) is 6.42 Å². The Kier molecular flexibility index (Phi) is 6.19. The van der Waals surface area contributed by atoms with Gasteiger partial charge in [0.2, 0.25) is 5.88 Å². The third kappa shape index (κ3) is 4.04. The van der Waals surface area contributed by atoms with Gasteiger partial charge in [-0.2, -0.15) is 4.98 Å². The first-order valence-corrected chi connectivity index (χ1v) is 14.8. The van der Waals surface area contributed by atoms with Crippen molar-refractivity contribution in [1.29, 1.82) is 0 Å². The molecule has 1 spiro atoms. The van der Waals surface area contributed by atoms with Crippen molar-refractivity contribution in [2.24, 2.45) is 11.8 Å². The second kappa shape index (κ2) is 9.59. The van der Waals surface area contributed by atoms with Crippen LogP contribution in [0.2, 0.25) is 0 Å². The van der Waals surface area contributed by atoms with Crippen LogP contribution < -0.4 is 15.0 Å². The third-order valence-electron chi connectivity index (χ3n) is 10.1. The Morgan fingerprint density at radius 3 is 2.68 bits per heavy atom. The van der Waals surface area contributed by atoms with E-state index in [0.29, 0.717) is 47.5 Å². The van der Waals surface area contributed by atoms with Crippen molar-refractivity contribution in [2.45, 2.75) is 82.3 Å². The van der Waals surface area contributed by atoms with E-state index < -0.39 is 5.41 Å². The number of likely N-dealkylation sites (N-methyl/N-ethyl adjacent to an activating group) is 1. The zero-order chi connectivity index (χ0) is 25.9. The molecule has 0 unspecified atom stereocenters. The molecular formula is C29H40N6O3. The summed E-state index contributed by atoms with van der Waals surface area (Å²) in [4.78, 5) is 27.9. The number of aromatic nitrogens is 3. The number of hydrogen-bond donors (Lipinski definition) is 1. The topological polar surface area (TPSA) is 96.6 Å². The molecule has 2 aromatic heterocycles. The Morgan fingerprint density at radius 1 is 1.11 bits per heavy atom. The Morgan fingerprint density at radius 2 is 1.92 bits per heavy atom. The number of nitrogens with zero attached hydrogens (tertiary/aromatic N) is 5. The predicted octanol–water partition coefficient (Wildman–Crippen LogP) is 3.37. The minimum absolute atomic E-state index is 0.0228. The maximum absolute atomic E-state index is 13.2. The molecule has 1 saturated carbocycles. The first-order valence-electron chi connectivity index (χ1n) is 14.8. The molecule has 0 aromatic carbocycles. The summed E-state index contributed by atoms with van der Waals surface area (Å²) in [6.45, 7) is 7.37. The first-order chi connectivity index (χ1) is 18.5. The molecule has 4 fully saturated rings. The van der Waals surface area contributed by atoms with Crippen molar-refractivity contribution < 1.29 is 14.1 Å². The van der Waals surface area contributed by atoms with Gasteiger partial charge in [0.25, 0.3) is 0 Å². The lowest BCUT2D eigenvalue weighted by Crippen LogP contribution is -2.41. The Balaban J connectivity index is 1.26. The molecule has 0 amide bonds. The molecule has 9 nitrogen and oxygen atoms in total. The summed E-state index contributed by atoms with van der Waals surface area (Å²) in [6, 6.07) is 2.40. The van der Waals surface area contributed by atoms with Gasteiger partial charge in [0.15, 0.2) is 17.3 Å². The number of rotatable bonds is 5. The summed E-state index contributed by atoms with van der Waals surface area (Å²) < 4.78 is 12.6. The fraction of sp³-hybridized carbons (Fsp3) is 0.724. The van der Waals surface area contributed by atoms with E-state index in [1.54, 1.807) is 0 Å². The summed E-state index contributed by atoms with van der Waals surface area (Å²) in [5.41, 5.74) is 1.21. The summed E-state index contributed by atoms with van der Waals surface area (Å²) in [5.74, 6) is 4.47. The fourth-order valence-electron chi connectivity index (χ4n) is 7.95. The molecule has 0 radical (unpaired) electrons. The number of ether oxygens (including phenoxy) is 1. The van der Waals surface area contributed by atoms with Gasteiger partial charge >= 0.3 is 0 Å². The molecule has 5 heterocycles. The normalized spacial score (nSPS) is 32.1. The monoisotopic (exact) mass is 520 g/mol. The molecule has 0 bridgehead atoms.